The zero-order valence-corrected chi connectivity index (χ0v) is 10.7. The van der Waals surface area contributed by atoms with Crippen LogP contribution in [-0.2, 0) is 10.0 Å². The molecule has 1 fully saturated rings. The molecule has 0 aliphatic carbocycles. The van der Waals surface area contributed by atoms with Crippen LogP contribution >= 0.6 is 0 Å². The van der Waals surface area contributed by atoms with Crippen molar-refractivity contribution in [3.63, 3.8) is 0 Å². The average Bonchev–Trinajstić information content (AvgIpc) is 2.32. The summed E-state index contributed by atoms with van der Waals surface area (Å²) in [4.78, 5) is 1.35. The van der Waals surface area contributed by atoms with E-state index in [1.807, 2.05) is 18.0 Å². The van der Waals surface area contributed by atoms with Crippen LogP contribution < -0.4 is 0 Å². The smallest absolute Gasteiger partial charge is 0.246 e. The second kappa shape index (κ2) is 4.91. The topological polar surface area (TPSA) is 40.6 Å². The summed E-state index contributed by atoms with van der Waals surface area (Å²) in [7, 11) is -2.09. The Balaban J connectivity index is 2.33. The fraction of sp³-hybridized carbons (Fsp3) is 0.455. The molecule has 0 aromatic heterocycles. The van der Waals surface area contributed by atoms with E-state index in [0.717, 1.165) is 0 Å². The molecular weight excluding hydrogens is 262 g/mol. The lowest BCUT2D eigenvalue weighted by Crippen LogP contribution is -2.47. The quantitative estimate of drug-likeness (QED) is 0.798. The Morgan fingerprint density at radius 3 is 2.44 bits per heavy atom. The van der Waals surface area contributed by atoms with Gasteiger partial charge in [0.15, 0.2) is 0 Å². The summed E-state index contributed by atoms with van der Waals surface area (Å²) in [6.07, 6.45) is 0. The Kier molecular flexibility index (Phi) is 3.65. The van der Waals surface area contributed by atoms with E-state index in [1.165, 1.54) is 4.31 Å². The van der Waals surface area contributed by atoms with Crippen LogP contribution in [0, 0.1) is 17.7 Å². The molecular formula is C11H13F2N2O2S. The molecule has 1 radical (unpaired) electrons. The number of halogens is 2. The lowest BCUT2D eigenvalue weighted by Gasteiger charge is -2.31. The van der Waals surface area contributed by atoms with Gasteiger partial charge in [-0.3, -0.25) is 0 Å². The number of nitrogens with zero attached hydrogens (tertiary/aromatic N) is 2. The van der Waals surface area contributed by atoms with Crippen LogP contribution in [0.5, 0.6) is 0 Å². The van der Waals surface area contributed by atoms with E-state index in [9.17, 15) is 17.2 Å². The number of sulfonamides is 1. The minimum Gasteiger partial charge on any atom is -0.304 e. The van der Waals surface area contributed by atoms with Gasteiger partial charge in [-0.05, 0) is 19.2 Å². The third-order valence-corrected chi connectivity index (χ3v) is 4.82. The summed E-state index contributed by atoms with van der Waals surface area (Å²) in [6.45, 7) is 1.70. The lowest BCUT2D eigenvalue weighted by atomic mass is 10.3. The molecule has 1 aliphatic rings. The molecule has 0 bridgehead atoms. The molecule has 0 spiro atoms. The van der Waals surface area contributed by atoms with Gasteiger partial charge in [0, 0.05) is 32.2 Å². The molecule has 1 heterocycles. The highest BCUT2D eigenvalue weighted by Gasteiger charge is 2.30. The maximum absolute atomic E-state index is 13.5. The highest BCUT2D eigenvalue weighted by atomic mass is 32.2. The van der Waals surface area contributed by atoms with Crippen molar-refractivity contribution in [2.45, 2.75) is 4.90 Å². The molecule has 0 unspecified atom stereocenters. The first-order chi connectivity index (χ1) is 8.41. The SMILES string of the molecule is CN1CCN(S(=O)(=O)c2cc(F)[c]cc2F)CC1. The Morgan fingerprint density at radius 1 is 1.22 bits per heavy atom. The number of piperazine rings is 1. The van der Waals surface area contributed by atoms with Gasteiger partial charge in [0.1, 0.15) is 16.5 Å². The lowest BCUT2D eigenvalue weighted by molar-refractivity contribution is 0.222. The number of hydrogen-bond donors (Lipinski definition) is 0. The maximum Gasteiger partial charge on any atom is 0.246 e. The Hall–Kier alpha value is -1.05. The molecule has 4 nitrogen and oxygen atoms in total. The Bertz CT molecular complexity index is 540. The summed E-state index contributed by atoms with van der Waals surface area (Å²) in [5.74, 6) is -1.86. The third-order valence-electron chi connectivity index (χ3n) is 2.91. The van der Waals surface area contributed by atoms with Gasteiger partial charge in [0.25, 0.3) is 0 Å². The number of rotatable bonds is 2. The Labute approximate surface area is 105 Å². The average molecular weight is 275 g/mol. The minimum atomic E-state index is -3.97. The van der Waals surface area contributed by atoms with Gasteiger partial charge < -0.3 is 4.90 Å². The monoisotopic (exact) mass is 275 g/mol. The van der Waals surface area contributed by atoms with E-state index in [2.05, 4.69) is 0 Å². The van der Waals surface area contributed by atoms with Crippen LogP contribution in [0.4, 0.5) is 8.78 Å². The van der Waals surface area contributed by atoms with Gasteiger partial charge in [0.2, 0.25) is 10.0 Å². The Morgan fingerprint density at radius 2 is 1.83 bits per heavy atom. The van der Waals surface area contributed by atoms with E-state index in [1.54, 1.807) is 0 Å². The van der Waals surface area contributed by atoms with Crippen molar-refractivity contribution in [3.8, 4) is 0 Å². The maximum atomic E-state index is 13.5. The molecule has 1 saturated heterocycles. The molecule has 1 aromatic rings. The highest BCUT2D eigenvalue weighted by molar-refractivity contribution is 7.89. The fourth-order valence-electron chi connectivity index (χ4n) is 1.79. The molecule has 0 atom stereocenters. The summed E-state index contributed by atoms with van der Waals surface area (Å²) < 4.78 is 52.0. The zero-order valence-electron chi connectivity index (χ0n) is 9.86. The van der Waals surface area contributed by atoms with Crippen LogP contribution in [0.25, 0.3) is 0 Å². The van der Waals surface area contributed by atoms with Gasteiger partial charge in [-0.1, -0.05) is 0 Å². The van der Waals surface area contributed by atoms with Gasteiger partial charge in [-0.25, -0.2) is 17.2 Å². The second-order valence-electron chi connectivity index (χ2n) is 4.20. The largest absolute Gasteiger partial charge is 0.304 e. The second-order valence-corrected chi connectivity index (χ2v) is 6.11. The van der Waals surface area contributed by atoms with E-state index in [0.29, 0.717) is 25.2 Å². The van der Waals surface area contributed by atoms with Crippen LogP contribution in [0.15, 0.2) is 17.0 Å². The van der Waals surface area contributed by atoms with Gasteiger partial charge in [-0.2, -0.15) is 4.31 Å². The molecule has 18 heavy (non-hydrogen) atoms. The summed E-state index contributed by atoms with van der Waals surface area (Å²) >= 11 is 0. The van der Waals surface area contributed by atoms with E-state index in [-0.39, 0.29) is 13.1 Å². The predicted molar refractivity (Wildman–Crippen MR) is 61.4 cm³/mol. The van der Waals surface area contributed by atoms with E-state index >= 15 is 0 Å². The highest BCUT2D eigenvalue weighted by Crippen LogP contribution is 2.21. The normalized spacial score (nSPS) is 19.1. The zero-order chi connectivity index (χ0) is 13.3. The molecule has 2 rings (SSSR count). The van der Waals surface area contributed by atoms with Crippen LogP contribution in [0.3, 0.4) is 0 Å². The third kappa shape index (κ3) is 2.52. The first kappa shape index (κ1) is 13.4. The van der Waals surface area contributed by atoms with Crippen molar-refractivity contribution >= 4 is 10.0 Å². The van der Waals surface area contributed by atoms with Crippen molar-refractivity contribution < 1.29 is 17.2 Å². The first-order valence-corrected chi connectivity index (χ1v) is 6.90. The van der Waals surface area contributed by atoms with E-state index < -0.39 is 26.6 Å². The van der Waals surface area contributed by atoms with Gasteiger partial charge >= 0.3 is 0 Å². The summed E-state index contributed by atoms with van der Waals surface area (Å²) in [6, 6.07) is 3.37. The fourth-order valence-corrected chi connectivity index (χ4v) is 3.27. The van der Waals surface area contributed by atoms with Crippen molar-refractivity contribution in [2.24, 2.45) is 0 Å². The molecule has 0 N–H and O–H groups in total. The summed E-state index contributed by atoms with van der Waals surface area (Å²) in [5, 5.41) is 0. The van der Waals surface area contributed by atoms with Crippen molar-refractivity contribution in [2.75, 3.05) is 33.2 Å². The molecule has 1 aliphatic heterocycles. The number of benzene rings is 1. The molecule has 0 amide bonds. The number of likely N-dealkylation sites (N-methyl/N-ethyl adjacent to an activating group) is 1. The van der Waals surface area contributed by atoms with Crippen LogP contribution in [0.1, 0.15) is 0 Å². The van der Waals surface area contributed by atoms with E-state index in [4.69, 9.17) is 0 Å². The summed E-state index contributed by atoms with van der Waals surface area (Å²) in [5.41, 5.74) is 0. The molecule has 99 valence electrons. The molecule has 7 heteroatoms. The molecule has 1 aromatic carbocycles. The number of hydrogen-bond acceptors (Lipinski definition) is 3. The van der Waals surface area contributed by atoms with Gasteiger partial charge in [-0.15, -0.1) is 0 Å². The predicted octanol–water partition coefficient (Wildman–Crippen LogP) is 0.701. The standard InChI is InChI=1S/C11H13F2N2O2S/c1-14-4-6-15(7-5-14)18(16,17)11-8-9(12)2-3-10(11)13/h3,8H,4-7H2,1H3. The van der Waals surface area contributed by atoms with Crippen LogP contribution in [0.2, 0.25) is 0 Å². The van der Waals surface area contributed by atoms with Gasteiger partial charge in [0.05, 0.1) is 0 Å². The van der Waals surface area contributed by atoms with Crippen LogP contribution in [-0.4, -0.2) is 50.8 Å². The molecule has 0 saturated carbocycles. The van der Waals surface area contributed by atoms with Crippen molar-refractivity contribution in [1.29, 1.82) is 0 Å². The van der Waals surface area contributed by atoms with Crippen molar-refractivity contribution in [3.05, 3.63) is 29.8 Å². The first-order valence-electron chi connectivity index (χ1n) is 5.46. The van der Waals surface area contributed by atoms with Crippen molar-refractivity contribution in [1.82, 2.24) is 9.21 Å². The minimum absolute atomic E-state index is 0.276.